The van der Waals surface area contributed by atoms with E-state index in [4.69, 9.17) is 9.47 Å². The van der Waals surface area contributed by atoms with Crippen LogP contribution in [0.4, 0.5) is 0 Å². The number of ether oxygens (including phenoxy) is 2. The first-order valence-electron chi connectivity index (χ1n) is 13.2. The predicted octanol–water partition coefficient (Wildman–Crippen LogP) is 4.90. The highest BCUT2D eigenvalue weighted by Gasteiger charge is 2.45. The zero-order chi connectivity index (χ0) is 26.6. The summed E-state index contributed by atoms with van der Waals surface area (Å²) < 4.78 is 13.5. The minimum absolute atomic E-state index is 0.0570. The first-order chi connectivity index (χ1) is 18.5. The number of carbonyl (C=O) groups is 2. The standard InChI is InChI=1S/C30H33N3O5/c1-3-4-16-37-24-9-6-21(7-10-24)27-26(28(34)22-8-11-25-23(18-22)17-20(2)38-25)29(35)30(36)33(27)14-5-13-32-15-12-31-19-32/h6-12,15,18-20,27,34H,3-5,13-14,16-17H2,1-2H3/t20-,27-/m1/s1. The lowest BCUT2D eigenvalue weighted by Crippen LogP contribution is -2.31. The number of Topliss-reactive ketones (excluding diaryl/α,β-unsaturated/α-hetero) is 1. The molecular formula is C30H33N3O5. The van der Waals surface area contributed by atoms with Crippen LogP contribution in [0.2, 0.25) is 0 Å². The molecule has 2 atom stereocenters. The largest absolute Gasteiger partial charge is 0.507 e. The maximum atomic E-state index is 13.4. The summed E-state index contributed by atoms with van der Waals surface area (Å²) in [5.41, 5.74) is 2.32. The van der Waals surface area contributed by atoms with E-state index in [2.05, 4.69) is 11.9 Å². The van der Waals surface area contributed by atoms with Crippen molar-refractivity contribution in [2.75, 3.05) is 13.2 Å². The average molecular weight is 516 g/mol. The molecule has 2 aliphatic heterocycles. The number of carbonyl (C=O) groups excluding carboxylic acids is 2. The predicted molar refractivity (Wildman–Crippen MR) is 143 cm³/mol. The number of rotatable bonds is 10. The molecule has 3 aromatic rings. The van der Waals surface area contributed by atoms with Crippen molar-refractivity contribution in [1.29, 1.82) is 0 Å². The number of likely N-dealkylation sites (tertiary alicyclic amines) is 1. The van der Waals surface area contributed by atoms with Gasteiger partial charge in [0, 0.05) is 37.5 Å². The van der Waals surface area contributed by atoms with E-state index in [1.807, 2.05) is 54.1 Å². The van der Waals surface area contributed by atoms with Gasteiger partial charge in [-0.2, -0.15) is 0 Å². The summed E-state index contributed by atoms with van der Waals surface area (Å²) in [6.45, 7) is 5.74. The van der Waals surface area contributed by atoms with Crippen molar-refractivity contribution in [3.8, 4) is 11.5 Å². The lowest BCUT2D eigenvalue weighted by atomic mass is 9.94. The van der Waals surface area contributed by atoms with E-state index in [1.165, 1.54) is 0 Å². The molecule has 0 aliphatic carbocycles. The Kier molecular flexibility index (Phi) is 7.49. The number of nitrogens with zero attached hydrogens (tertiary/aromatic N) is 3. The smallest absolute Gasteiger partial charge is 0.295 e. The van der Waals surface area contributed by atoms with Crippen LogP contribution in [0.25, 0.3) is 5.76 Å². The first kappa shape index (κ1) is 25.6. The van der Waals surface area contributed by atoms with Gasteiger partial charge in [-0.1, -0.05) is 25.5 Å². The Hall–Kier alpha value is -4.07. The Morgan fingerprint density at radius 1 is 1.13 bits per heavy atom. The molecule has 1 amide bonds. The van der Waals surface area contributed by atoms with Crippen LogP contribution in [-0.4, -0.2) is 50.5 Å². The SMILES string of the molecule is CCCCOc1ccc([C@@H]2C(=C(O)c3ccc4c(c3)C[C@@H](C)O4)C(=O)C(=O)N2CCCn2ccnc2)cc1. The van der Waals surface area contributed by atoms with Crippen LogP contribution in [-0.2, 0) is 22.6 Å². The van der Waals surface area contributed by atoms with Gasteiger partial charge in [0.2, 0.25) is 0 Å². The summed E-state index contributed by atoms with van der Waals surface area (Å²) in [7, 11) is 0. The number of unbranched alkanes of at least 4 members (excludes halogenated alkanes) is 1. The average Bonchev–Trinajstić information content (AvgIpc) is 3.63. The van der Waals surface area contributed by atoms with Gasteiger partial charge in [-0.25, -0.2) is 4.98 Å². The number of aliphatic hydroxyl groups is 1. The van der Waals surface area contributed by atoms with Gasteiger partial charge in [-0.15, -0.1) is 0 Å². The van der Waals surface area contributed by atoms with E-state index in [-0.39, 0.29) is 17.4 Å². The molecule has 38 heavy (non-hydrogen) atoms. The van der Waals surface area contributed by atoms with Crippen molar-refractivity contribution >= 4 is 17.4 Å². The Bertz CT molecular complexity index is 1330. The third-order valence-corrected chi connectivity index (χ3v) is 7.05. The van der Waals surface area contributed by atoms with Gasteiger partial charge >= 0.3 is 0 Å². The first-order valence-corrected chi connectivity index (χ1v) is 13.2. The maximum absolute atomic E-state index is 13.4. The molecule has 1 fully saturated rings. The van der Waals surface area contributed by atoms with Crippen LogP contribution in [0, 0.1) is 0 Å². The summed E-state index contributed by atoms with van der Waals surface area (Å²) in [5, 5.41) is 11.4. The number of amides is 1. The van der Waals surface area contributed by atoms with Crippen LogP contribution in [0.5, 0.6) is 11.5 Å². The summed E-state index contributed by atoms with van der Waals surface area (Å²) in [6.07, 6.45) is 8.71. The topological polar surface area (TPSA) is 93.9 Å². The second-order valence-corrected chi connectivity index (χ2v) is 9.87. The third kappa shape index (κ3) is 5.16. The van der Waals surface area contributed by atoms with Gasteiger partial charge < -0.3 is 24.0 Å². The Balaban J connectivity index is 1.48. The molecule has 2 aromatic carbocycles. The van der Waals surface area contributed by atoms with Crippen LogP contribution >= 0.6 is 0 Å². The van der Waals surface area contributed by atoms with Crippen LogP contribution in [0.1, 0.15) is 55.8 Å². The zero-order valence-corrected chi connectivity index (χ0v) is 21.8. The monoisotopic (exact) mass is 515 g/mol. The summed E-state index contributed by atoms with van der Waals surface area (Å²) in [5.74, 6) is 0.0550. The van der Waals surface area contributed by atoms with Gasteiger partial charge in [0.1, 0.15) is 23.4 Å². The van der Waals surface area contributed by atoms with Gasteiger partial charge in [0.15, 0.2) is 0 Å². The molecule has 2 aliphatic rings. The van der Waals surface area contributed by atoms with Gasteiger partial charge in [0.05, 0.1) is 24.5 Å². The summed E-state index contributed by atoms with van der Waals surface area (Å²) >= 11 is 0. The highest BCUT2D eigenvalue weighted by Crippen LogP contribution is 2.41. The molecule has 1 aromatic heterocycles. The van der Waals surface area contributed by atoms with Crippen molar-refractivity contribution in [3.05, 3.63) is 83.4 Å². The van der Waals surface area contributed by atoms with E-state index in [9.17, 15) is 14.7 Å². The molecule has 8 nitrogen and oxygen atoms in total. The number of benzene rings is 2. The number of aryl methyl sites for hydroxylation is 1. The molecule has 198 valence electrons. The maximum Gasteiger partial charge on any atom is 0.295 e. The molecule has 0 spiro atoms. The molecule has 0 bridgehead atoms. The molecular weight excluding hydrogens is 482 g/mol. The quantitative estimate of drug-likeness (QED) is 0.179. The number of fused-ring (bicyclic) bond motifs is 1. The number of hydrogen-bond donors (Lipinski definition) is 1. The fourth-order valence-corrected chi connectivity index (χ4v) is 5.11. The van der Waals surface area contributed by atoms with E-state index in [0.717, 1.165) is 41.9 Å². The molecule has 1 N–H and O–H groups in total. The second-order valence-electron chi connectivity index (χ2n) is 9.87. The number of aliphatic hydroxyl groups excluding tert-OH is 1. The third-order valence-electron chi connectivity index (χ3n) is 7.05. The highest BCUT2D eigenvalue weighted by molar-refractivity contribution is 6.46. The minimum Gasteiger partial charge on any atom is -0.507 e. The Labute approximate surface area is 222 Å². The Morgan fingerprint density at radius 2 is 1.95 bits per heavy atom. The zero-order valence-electron chi connectivity index (χ0n) is 21.8. The normalized spacial score (nSPS) is 20.0. The molecule has 0 saturated carbocycles. The fraction of sp³-hybridized carbons (Fsp3) is 0.367. The molecule has 1 saturated heterocycles. The van der Waals surface area contributed by atoms with Gasteiger partial charge in [-0.05, 0) is 61.2 Å². The lowest BCUT2D eigenvalue weighted by Gasteiger charge is -2.25. The fourth-order valence-electron chi connectivity index (χ4n) is 5.11. The number of hydrogen-bond acceptors (Lipinski definition) is 6. The lowest BCUT2D eigenvalue weighted by molar-refractivity contribution is -0.139. The second kappa shape index (κ2) is 11.1. The highest BCUT2D eigenvalue weighted by atomic mass is 16.5. The van der Waals surface area contributed by atoms with Crippen molar-refractivity contribution in [2.45, 2.75) is 58.2 Å². The van der Waals surface area contributed by atoms with E-state index in [0.29, 0.717) is 31.7 Å². The summed E-state index contributed by atoms with van der Waals surface area (Å²) in [4.78, 5) is 32.3. The molecule has 8 heteroatoms. The van der Waals surface area contributed by atoms with Crippen molar-refractivity contribution in [1.82, 2.24) is 14.5 Å². The minimum atomic E-state index is -0.703. The van der Waals surface area contributed by atoms with Crippen molar-refractivity contribution in [2.24, 2.45) is 0 Å². The van der Waals surface area contributed by atoms with Gasteiger partial charge in [0.25, 0.3) is 11.7 Å². The van der Waals surface area contributed by atoms with Crippen LogP contribution < -0.4 is 9.47 Å². The van der Waals surface area contributed by atoms with Crippen molar-refractivity contribution in [3.63, 3.8) is 0 Å². The molecule has 0 unspecified atom stereocenters. The number of imidazole rings is 1. The molecule has 5 rings (SSSR count). The van der Waals surface area contributed by atoms with Crippen LogP contribution in [0.15, 0.2) is 66.8 Å². The number of ketones is 1. The molecule has 3 heterocycles. The van der Waals surface area contributed by atoms with E-state index < -0.39 is 17.7 Å². The summed E-state index contributed by atoms with van der Waals surface area (Å²) in [6, 6.07) is 12.1. The van der Waals surface area contributed by atoms with Crippen molar-refractivity contribution < 1.29 is 24.2 Å². The van der Waals surface area contributed by atoms with Crippen LogP contribution in [0.3, 0.4) is 0 Å². The van der Waals surface area contributed by atoms with E-state index in [1.54, 1.807) is 23.5 Å². The van der Waals surface area contributed by atoms with E-state index >= 15 is 0 Å². The Morgan fingerprint density at radius 3 is 2.68 bits per heavy atom. The number of aromatic nitrogens is 2. The van der Waals surface area contributed by atoms with Gasteiger partial charge in [-0.3, -0.25) is 9.59 Å². The molecule has 0 radical (unpaired) electrons.